The first kappa shape index (κ1) is 15.6. The van der Waals surface area contributed by atoms with Gasteiger partial charge in [0.15, 0.2) is 0 Å². The van der Waals surface area contributed by atoms with E-state index in [1.54, 1.807) is 0 Å². The molecule has 0 radical (unpaired) electrons. The van der Waals surface area contributed by atoms with Crippen molar-refractivity contribution in [1.82, 2.24) is 4.37 Å². The van der Waals surface area contributed by atoms with E-state index in [0.717, 1.165) is 23.7 Å². The second kappa shape index (κ2) is 5.53. The molecule has 112 valence electrons. The standard InChI is InChI=1S/C12H8ClF3N2O2S/c1-5-9(11(19)20)10(21-18-5)17-6-2-3-8(13)7(4-6)12(14,15)16/h2-4,17H,1H3,(H,19,20). The summed E-state index contributed by atoms with van der Waals surface area (Å²) >= 11 is 6.38. The van der Waals surface area contributed by atoms with E-state index >= 15 is 0 Å². The Balaban J connectivity index is 2.40. The Kier molecular flexibility index (Phi) is 4.11. The highest BCUT2D eigenvalue weighted by molar-refractivity contribution is 7.10. The summed E-state index contributed by atoms with van der Waals surface area (Å²) in [7, 11) is 0. The maximum absolute atomic E-state index is 12.8. The number of nitrogens with zero attached hydrogens (tertiary/aromatic N) is 1. The van der Waals surface area contributed by atoms with Crippen LogP contribution in [0.15, 0.2) is 18.2 Å². The van der Waals surface area contributed by atoms with Crippen LogP contribution in [0.2, 0.25) is 5.02 Å². The number of benzene rings is 1. The Morgan fingerprint density at radius 1 is 1.43 bits per heavy atom. The van der Waals surface area contributed by atoms with Crippen molar-refractivity contribution < 1.29 is 23.1 Å². The number of carbonyl (C=O) groups is 1. The molecule has 2 rings (SSSR count). The van der Waals surface area contributed by atoms with Gasteiger partial charge in [0.2, 0.25) is 0 Å². The first-order valence-electron chi connectivity index (χ1n) is 5.53. The fraction of sp³-hybridized carbons (Fsp3) is 0.167. The molecule has 0 atom stereocenters. The average molecular weight is 337 g/mol. The molecule has 0 fully saturated rings. The zero-order valence-corrected chi connectivity index (χ0v) is 12.0. The molecule has 9 heteroatoms. The molecule has 0 saturated heterocycles. The minimum Gasteiger partial charge on any atom is -0.478 e. The van der Waals surface area contributed by atoms with Crippen molar-refractivity contribution in [2.45, 2.75) is 13.1 Å². The molecule has 0 spiro atoms. The third-order valence-corrected chi connectivity index (χ3v) is 3.79. The minimum atomic E-state index is -4.59. The average Bonchev–Trinajstić information content (AvgIpc) is 2.71. The van der Waals surface area contributed by atoms with E-state index in [-0.39, 0.29) is 16.3 Å². The van der Waals surface area contributed by atoms with Crippen LogP contribution in [-0.2, 0) is 6.18 Å². The monoisotopic (exact) mass is 336 g/mol. The normalized spacial score (nSPS) is 11.5. The molecule has 2 aromatic rings. The number of aromatic carboxylic acids is 1. The van der Waals surface area contributed by atoms with Gasteiger partial charge in [-0.1, -0.05) is 11.6 Å². The molecule has 0 bridgehead atoms. The molecule has 1 heterocycles. The lowest BCUT2D eigenvalue weighted by Gasteiger charge is -2.11. The van der Waals surface area contributed by atoms with Crippen molar-refractivity contribution in [2.24, 2.45) is 0 Å². The first-order chi connectivity index (χ1) is 9.70. The highest BCUT2D eigenvalue weighted by Gasteiger charge is 2.33. The number of anilines is 2. The van der Waals surface area contributed by atoms with Crippen molar-refractivity contribution in [2.75, 3.05) is 5.32 Å². The summed E-state index contributed by atoms with van der Waals surface area (Å²) in [6, 6.07) is 3.25. The Labute approximate surface area is 126 Å². The topological polar surface area (TPSA) is 62.2 Å². The van der Waals surface area contributed by atoms with Crippen molar-refractivity contribution in [3.05, 3.63) is 40.0 Å². The quantitative estimate of drug-likeness (QED) is 0.862. The lowest BCUT2D eigenvalue weighted by molar-refractivity contribution is -0.137. The van der Waals surface area contributed by atoms with E-state index in [1.165, 1.54) is 13.0 Å². The van der Waals surface area contributed by atoms with Crippen LogP contribution in [0.3, 0.4) is 0 Å². The Hall–Kier alpha value is -1.80. The van der Waals surface area contributed by atoms with Crippen LogP contribution in [0.4, 0.5) is 23.9 Å². The fourth-order valence-corrected chi connectivity index (χ4v) is 2.69. The van der Waals surface area contributed by atoms with Crippen LogP contribution in [-0.4, -0.2) is 15.4 Å². The number of carboxylic acid groups (broad SMARTS) is 1. The van der Waals surface area contributed by atoms with Crippen LogP contribution in [0, 0.1) is 6.92 Å². The van der Waals surface area contributed by atoms with Crippen molar-refractivity contribution >= 4 is 39.8 Å². The molecule has 2 N–H and O–H groups in total. The molecule has 0 amide bonds. The van der Waals surface area contributed by atoms with E-state index in [4.69, 9.17) is 16.7 Å². The molecule has 0 aliphatic rings. The van der Waals surface area contributed by atoms with Gasteiger partial charge in [0.25, 0.3) is 0 Å². The summed E-state index contributed by atoms with van der Waals surface area (Å²) in [5, 5.41) is 11.4. The minimum absolute atomic E-state index is 0.0662. The fourth-order valence-electron chi connectivity index (χ4n) is 1.66. The highest BCUT2D eigenvalue weighted by Crippen LogP contribution is 2.37. The van der Waals surface area contributed by atoms with E-state index < -0.39 is 22.7 Å². The number of halogens is 4. The van der Waals surface area contributed by atoms with Gasteiger partial charge in [-0.25, -0.2) is 4.79 Å². The second-order valence-electron chi connectivity index (χ2n) is 4.09. The summed E-state index contributed by atoms with van der Waals surface area (Å²) in [6.07, 6.45) is -4.59. The predicted molar refractivity (Wildman–Crippen MR) is 73.5 cm³/mol. The summed E-state index contributed by atoms with van der Waals surface area (Å²) in [6.45, 7) is 1.51. The lowest BCUT2D eigenvalue weighted by Crippen LogP contribution is -2.07. The summed E-state index contributed by atoms with van der Waals surface area (Å²) in [5.74, 6) is -1.20. The molecule has 4 nitrogen and oxygen atoms in total. The van der Waals surface area contributed by atoms with Crippen molar-refractivity contribution in [3.63, 3.8) is 0 Å². The third-order valence-electron chi connectivity index (χ3n) is 2.61. The van der Waals surface area contributed by atoms with Crippen LogP contribution >= 0.6 is 23.1 Å². The van der Waals surface area contributed by atoms with Crippen LogP contribution < -0.4 is 5.32 Å². The SMILES string of the molecule is Cc1nsc(Nc2ccc(Cl)c(C(F)(F)F)c2)c1C(=O)O. The summed E-state index contributed by atoms with van der Waals surface area (Å²) in [5.41, 5.74) is -0.686. The van der Waals surface area contributed by atoms with Crippen molar-refractivity contribution in [3.8, 4) is 0 Å². The molecule has 21 heavy (non-hydrogen) atoms. The van der Waals surface area contributed by atoms with Gasteiger partial charge in [0.1, 0.15) is 10.6 Å². The van der Waals surface area contributed by atoms with Gasteiger partial charge < -0.3 is 10.4 Å². The number of carboxylic acids is 1. The zero-order valence-electron chi connectivity index (χ0n) is 10.5. The molecule has 0 aliphatic heterocycles. The number of hydrogen-bond donors (Lipinski definition) is 2. The Morgan fingerprint density at radius 2 is 2.10 bits per heavy atom. The van der Waals surface area contributed by atoms with Gasteiger partial charge in [-0.3, -0.25) is 0 Å². The number of alkyl halides is 3. The number of rotatable bonds is 3. The predicted octanol–water partition coefficient (Wildman–Crippen LogP) is 4.57. The lowest BCUT2D eigenvalue weighted by atomic mass is 10.2. The van der Waals surface area contributed by atoms with Crippen LogP contribution in [0.1, 0.15) is 21.6 Å². The molecular formula is C12H8ClF3N2O2S. The summed E-state index contributed by atoms with van der Waals surface area (Å²) < 4.78 is 42.2. The van der Waals surface area contributed by atoms with Crippen LogP contribution in [0.25, 0.3) is 0 Å². The van der Waals surface area contributed by atoms with E-state index in [0.29, 0.717) is 5.69 Å². The number of hydrogen-bond acceptors (Lipinski definition) is 4. The van der Waals surface area contributed by atoms with Gasteiger partial charge in [0.05, 0.1) is 16.3 Å². The molecule has 0 saturated carbocycles. The largest absolute Gasteiger partial charge is 0.478 e. The molecule has 0 unspecified atom stereocenters. The highest BCUT2D eigenvalue weighted by atomic mass is 35.5. The maximum atomic E-state index is 12.8. The maximum Gasteiger partial charge on any atom is 0.417 e. The van der Waals surface area contributed by atoms with Crippen LogP contribution in [0.5, 0.6) is 0 Å². The molecular weight excluding hydrogens is 329 g/mol. The van der Waals surface area contributed by atoms with E-state index in [2.05, 4.69) is 9.69 Å². The van der Waals surface area contributed by atoms with Crippen molar-refractivity contribution in [1.29, 1.82) is 0 Å². The molecule has 1 aromatic heterocycles. The van der Waals surface area contributed by atoms with Gasteiger partial charge in [-0.05, 0) is 36.7 Å². The smallest absolute Gasteiger partial charge is 0.417 e. The molecule has 1 aromatic carbocycles. The van der Waals surface area contributed by atoms with Gasteiger partial charge in [-0.2, -0.15) is 17.5 Å². The second-order valence-corrected chi connectivity index (χ2v) is 5.28. The van der Waals surface area contributed by atoms with E-state index in [9.17, 15) is 18.0 Å². The summed E-state index contributed by atoms with van der Waals surface area (Å²) in [4.78, 5) is 11.1. The third kappa shape index (κ3) is 3.27. The van der Waals surface area contributed by atoms with Gasteiger partial charge >= 0.3 is 12.1 Å². The zero-order chi connectivity index (χ0) is 15.8. The number of aromatic nitrogens is 1. The number of nitrogens with one attached hydrogen (secondary N) is 1. The Morgan fingerprint density at radius 3 is 2.67 bits per heavy atom. The Bertz CT molecular complexity index is 700. The number of aryl methyl sites for hydroxylation is 1. The van der Waals surface area contributed by atoms with E-state index in [1.807, 2.05) is 0 Å². The first-order valence-corrected chi connectivity index (χ1v) is 6.68. The molecule has 0 aliphatic carbocycles. The van der Waals surface area contributed by atoms with Gasteiger partial charge in [0, 0.05) is 5.69 Å². The van der Waals surface area contributed by atoms with Gasteiger partial charge in [-0.15, -0.1) is 0 Å².